The molecule has 2 aromatic heterocycles. The van der Waals surface area contributed by atoms with Gasteiger partial charge in [0.1, 0.15) is 5.82 Å². The maximum atomic E-state index is 14.1. The molecule has 0 aliphatic carbocycles. The third-order valence-corrected chi connectivity index (χ3v) is 3.36. The number of hydrogen-bond donors (Lipinski definition) is 3. The lowest BCUT2D eigenvalue weighted by Gasteiger charge is -2.07. The second-order valence-corrected chi connectivity index (χ2v) is 4.79. The van der Waals surface area contributed by atoms with Crippen molar-refractivity contribution in [1.29, 1.82) is 0 Å². The average molecular weight is 305 g/mol. The predicted molar refractivity (Wildman–Crippen MR) is 79.5 cm³/mol. The third kappa shape index (κ3) is 2.30. The number of nitrogens with two attached hydrogens (primary N) is 1. The van der Waals surface area contributed by atoms with Gasteiger partial charge in [0.2, 0.25) is 5.56 Å². The van der Waals surface area contributed by atoms with Crippen molar-refractivity contribution in [3.05, 3.63) is 57.6 Å². The van der Waals surface area contributed by atoms with Crippen molar-refractivity contribution in [1.82, 2.24) is 15.2 Å². The highest BCUT2D eigenvalue weighted by Crippen LogP contribution is 2.39. The summed E-state index contributed by atoms with van der Waals surface area (Å²) in [7, 11) is 0. The number of H-pyrrole nitrogens is 2. The van der Waals surface area contributed by atoms with Crippen molar-refractivity contribution < 1.29 is 4.39 Å². The number of pyridine rings is 1. The Hall–Kier alpha value is -2.60. The van der Waals surface area contributed by atoms with Crippen molar-refractivity contribution in [2.45, 2.75) is 0 Å². The van der Waals surface area contributed by atoms with Crippen LogP contribution in [0.25, 0.3) is 22.5 Å². The van der Waals surface area contributed by atoms with E-state index < -0.39 is 5.82 Å². The highest BCUT2D eigenvalue weighted by atomic mass is 35.5. The molecule has 0 unspecified atom stereocenters. The Morgan fingerprint density at radius 1 is 1.14 bits per heavy atom. The van der Waals surface area contributed by atoms with E-state index >= 15 is 0 Å². The van der Waals surface area contributed by atoms with Gasteiger partial charge in [0.05, 0.1) is 22.0 Å². The Kier molecular flexibility index (Phi) is 3.23. The number of benzene rings is 1. The van der Waals surface area contributed by atoms with Gasteiger partial charge in [-0.05, 0) is 18.2 Å². The molecule has 0 saturated heterocycles. The maximum absolute atomic E-state index is 14.1. The van der Waals surface area contributed by atoms with E-state index in [4.69, 9.17) is 17.3 Å². The molecule has 21 heavy (non-hydrogen) atoms. The fourth-order valence-corrected chi connectivity index (χ4v) is 2.39. The van der Waals surface area contributed by atoms with E-state index in [1.165, 1.54) is 18.2 Å². The molecule has 0 fully saturated rings. The molecule has 0 atom stereocenters. The fraction of sp³-hybridized carbons (Fsp3) is 0. The van der Waals surface area contributed by atoms with Gasteiger partial charge in [-0.1, -0.05) is 23.7 Å². The van der Waals surface area contributed by atoms with Gasteiger partial charge in [0.15, 0.2) is 5.82 Å². The topological polar surface area (TPSA) is 87.6 Å². The van der Waals surface area contributed by atoms with Crippen LogP contribution >= 0.6 is 11.6 Å². The van der Waals surface area contributed by atoms with Gasteiger partial charge in [0, 0.05) is 11.6 Å². The number of aromatic nitrogens is 3. The lowest BCUT2D eigenvalue weighted by molar-refractivity contribution is 0.631. The standard InChI is InChI=1S/C14H10ClFN4O/c15-7-3-1-4-8(16)11(7)12-13(19-20-14(12)17)9-5-2-6-10(21)18-9/h1-6H,(H,18,21)(H3,17,19,20). The molecule has 0 aliphatic rings. The van der Waals surface area contributed by atoms with Crippen LogP contribution in [-0.4, -0.2) is 15.2 Å². The molecular formula is C14H10ClFN4O. The van der Waals surface area contributed by atoms with Crippen molar-refractivity contribution in [3.63, 3.8) is 0 Å². The Bertz CT molecular complexity index is 851. The zero-order valence-electron chi connectivity index (χ0n) is 10.7. The van der Waals surface area contributed by atoms with Gasteiger partial charge in [-0.3, -0.25) is 9.89 Å². The van der Waals surface area contributed by atoms with Gasteiger partial charge in [0.25, 0.3) is 0 Å². The van der Waals surface area contributed by atoms with Crippen molar-refractivity contribution in [2.75, 3.05) is 5.73 Å². The summed E-state index contributed by atoms with van der Waals surface area (Å²) in [5, 5.41) is 6.80. The second-order valence-electron chi connectivity index (χ2n) is 4.38. The van der Waals surface area contributed by atoms with Gasteiger partial charge >= 0.3 is 0 Å². The SMILES string of the molecule is Nc1n[nH]c(-c2cccc(=O)[nH]2)c1-c1c(F)cccc1Cl. The van der Waals surface area contributed by atoms with Crippen molar-refractivity contribution >= 4 is 17.4 Å². The molecule has 3 rings (SSSR count). The van der Waals surface area contributed by atoms with E-state index in [-0.39, 0.29) is 22.0 Å². The molecule has 2 heterocycles. The highest BCUT2D eigenvalue weighted by molar-refractivity contribution is 6.33. The Morgan fingerprint density at radius 3 is 2.62 bits per heavy atom. The van der Waals surface area contributed by atoms with E-state index in [0.29, 0.717) is 17.0 Å². The maximum Gasteiger partial charge on any atom is 0.248 e. The molecule has 106 valence electrons. The predicted octanol–water partition coefficient (Wildman–Crippen LogP) is 2.81. The van der Waals surface area contributed by atoms with E-state index in [1.807, 2.05) is 0 Å². The second kappa shape index (κ2) is 5.06. The molecule has 0 radical (unpaired) electrons. The normalized spacial score (nSPS) is 10.8. The van der Waals surface area contributed by atoms with E-state index in [0.717, 1.165) is 0 Å². The monoisotopic (exact) mass is 304 g/mol. The highest BCUT2D eigenvalue weighted by Gasteiger charge is 2.20. The van der Waals surface area contributed by atoms with Crippen LogP contribution in [0.15, 0.2) is 41.2 Å². The molecule has 0 saturated carbocycles. The van der Waals surface area contributed by atoms with E-state index in [1.54, 1.807) is 18.2 Å². The van der Waals surface area contributed by atoms with Crippen LogP contribution in [0.2, 0.25) is 5.02 Å². The lowest BCUT2D eigenvalue weighted by atomic mass is 10.0. The molecule has 0 amide bonds. The first kappa shape index (κ1) is 13.4. The average Bonchev–Trinajstić information content (AvgIpc) is 2.81. The summed E-state index contributed by atoms with van der Waals surface area (Å²) in [5.74, 6) is -0.420. The Labute approximate surface area is 123 Å². The first-order chi connectivity index (χ1) is 10.1. The number of aromatic amines is 2. The van der Waals surface area contributed by atoms with Crippen molar-refractivity contribution in [2.24, 2.45) is 0 Å². The van der Waals surface area contributed by atoms with Crippen LogP contribution in [0.4, 0.5) is 10.2 Å². The summed E-state index contributed by atoms with van der Waals surface area (Å²) in [4.78, 5) is 14.1. The number of nitrogens with zero attached hydrogens (tertiary/aromatic N) is 1. The molecule has 4 N–H and O–H groups in total. The summed E-state index contributed by atoms with van der Waals surface area (Å²) in [6.45, 7) is 0. The van der Waals surface area contributed by atoms with Gasteiger partial charge < -0.3 is 10.7 Å². The molecular weight excluding hydrogens is 295 g/mol. The molecule has 0 aliphatic heterocycles. The van der Waals surface area contributed by atoms with Crippen LogP contribution in [0, 0.1) is 5.82 Å². The quantitative estimate of drug-likeness (QED) is 0.680. The molecule has 7 heteroatoms. The number of anilines is 1. The number of halogens is 2. The minimum Gasteiger partial charge on any atom is -0.382 e. The smallest absolute Gasteiger partial charge is 0.248 e. The lowest BCUT2D eigenvalue weighted by Crippen LogP contribution is -2.04. The molecule has 1 aromatic carbocycles. The van der Waals surface area contributed by atoms with Crippen LogP contribution in [-0.2, 0) is 0 Å². The number of nitrogen functional groups attached to an aromatic ring is 1. The first-order valence-corrected chi connectivity index (χ1v) is 6.43. The summed E-state index contributed by atoms with van der Waals surface area (Å²) in [6, 6.07) is 8.96. The summed E-state index contributed by atoms with van der Waals surface area (Å²) in [6.07, 6.45) is 0. The van der Waals surface area contributed by atoms with Gasteiger partial charge in [-0.2, -0.15) is 5.10 Å². The van der Waals surface area contributed by atoms with Crippen molar-refractivity contribution in [3.8, 4) is 22.5 Å². The summed E-state index contributed by atoms with van der Waals surface area (Å²) in [5.41, 5.74) is 6.85. The van der Waals surface area contributed by atoms with Crippen LogP contribution in [0.1, 0.15) is 0 Å². The first-order valence-electron chi connectivity index (χ1n) is 6.06. The largest absolute Gasteiger partial charge is 0.382 e. The third-order valence-electron chi connectivity index (χ3n) is 3.04. The number of nitrogens with one attached hydrogen (secondary N) is 2. The Morgan fingerprint density at radius 2 is 1.90 bits per heavy atom. The number of rotatable bonds is 2. The zero-order valence-corrected chi connectivity index (χ0v) is 11.4. The van der Waals surface area contributed by atoms with E-state index in [2.05, 4.69) is 15.2 Å². The van der Waals surface area contributed by atoms with Crippen LogP contribution in [0.3, 0.4) is 0 Å². The Balaban J connectivity index is 2.30. The minimum absolute atomic E-state index is 0.0988. The van der Waals surface area contributed by atoms with E-state index in [9.17, 15) is 9.18 Å². The molecule has 0 bridgehead atoms. The fourth-order valence-electron chi connectivity index (χ4n) is 2.13. The molecule has 3 aromatic rings. The molecule has 5 nitrogen and oxygen atoms in total. The summed E-state index contributed by atoms with van der Waals surface area (Å²) < 4.78 is 14.1. The number of hydrogen-bond acceptors (Lipinski definition) is 3. The summed E-state index contributed by atoms with van der Waals surface area (Å²) >= 11 is 6.07. The zero-order chi connectivity index (χ0) is 15.0. The van der Waals surface area contributed by atoms with Crippen LogP contribution in [0.5, 0.6) is 0 Å². The van der Waals surface area contributed by atoms with Crippen LogP contribution < -0.4 is 11.3 Å². The molecule has 0 spiro atoms. The van der Waals surface area contributed by atoms with Gasteiger partial charge in [-0.15, -0.1) is 0 Å². The minimum atomic E-state index is -0.518. The van der Waals surface area contributed by atoms with Gasteiger partial charge in [-0.25, -0.2) is 4.39 Å².